The maximum absolute atomic E-state index is 14.4. The molecule has 178 valence electrons. The summed E-state index contributed by atoms with van der Waals surface area (Å²) in [6.07, 6.45) is 5.33. The lowest BCUT2D eigenvalue weighted by atomic mass is 10.1. The summed E-state index contributed by atoms with van der Waals surface area (Å²) in [7, 11) is 1.39. The van der Waals surface area contributed by atoms with Crippen LogP contribution in [0.4, 0.5) is 4.39 Å². The molecule has 35 heavy (non-hydrogen) atoms. The first-order valence-corrected chi connectivity index (χ1v) is 11.1. The molecule has 2 aromatic heterocycles. The third-order valence-electron chi connectivity index (χ3n) is 6.11. The van der Waals surface area contributed by atoms with E-state index in [0.717, 1.165) is 17.8 Å². The lowest BCUT2D eigenvalue weighted by Gasteiger charge is -2.13. The summed E-state index contributed by atoms with van der Waals surface area (Å²) in [4.78, 5) is 22.7. The Balaban J connectivity index is 1.47. The summed E-state index contributed by atoms with van der Waals surface area (Å²) in [5.41, 5.74) is 1.76. The first-order valence-electron chi connectivity index (χ1n) is 11.1. The average Bonchev–Trinajstić information content (AvgIpc) is 3.51. The fourth-order valence-electron chi connectivity index (χ4n) is 4.37. The van der Waals surface area contributed by atoms with Gasteiger partial charge in [-0.1, -0.05) is 12.6 Å². The van der Waals surface area contributed by atoms with Crippen molar-refractivity contribution in [1.29, 1.82) is 0 Å². The van der Waals surface area contributed by atoms with Crippen LogP contribution in [-0.4, -0.2) is 50.5 Å². The number of aromatic hydroxyl groups is 1. The average molecular weight is 474 g/mol. The highest BCUT2D eigenvalue weighted by molar-refractivity contribution is 5.87. The summed E-state index contributed by atoms with van der Waals surface area (Å²) in [5.74, 6) is 0.485. The van der Waals surface area contributed by atoms with E-state index in [1.807, 2.05) is 4.40 Å². The number of benzene rings is 2. The summed E-state index contributed by atoms with van der Waals surface area (Å²) in [6.45, 7) is 4.70. The van der Waals surface area contributed by atoms with E-state index in [9.17, 15) is 14.3 Å². The minimum absolute atomic E-state index is 0.000549. The SMILES string of the molecule is C=CC(=O)N1CC[C@@H](c2nc(-c3ccc(Oc4cccc(OC)c4F)cc3)c3c(O)nccn23)C1. The van der Waals surface area contributed by atoms with Crippen LogP contribution in [0.1, 0.15) is 18.2 Å². The number of halogens is 1. The van der Waals surface area contributed by atoms with Crippen molar-refractivity contribution in [1.82, 2.24) is 19.3 Å². The maximum atomic E-state index is 14.4. The van der Waals surface area contributed by atoms with E-state index >= 15 is 0 Å². The molecule has 1 fully saturated rings. The molecule has 8 nitrogen and oxygen atoms in total. The quantitative estimate of drug-likeness (QED) is 0.413. The largest absolute Gasteiger partial charge is 0.494 e. The van der Waals surface area contributed by atoms with Crippen molar-refractivity contribution in [3.05, 3.63) is 79.2 Å². The molecular formula is C26H23FN4O4. The first kappa shape index (κ1) is 22.4. The number of hydrogen-bond donors (Lipinski definition) is 1. The highest BCUT2D eigenvalue weighted by Crippen LogP contribution is 2.36. The summed E-state index contributed by atoms with van der Waals surface area (Å²) in [5, 5.41) is 10.5. The van der Waals surface area contributed by atoms with Crippen LogP contribution in [0.25, 0.3) is 16.8 Å². The van der Waals surface area contributed by atoms with E-state index in [2.05, 4.69) is 11.6 Å². The van der Waals surface area contributed by atoms with Gasteiger partial charge in [0.05, 0.1) is 7.11 Å². The second-order valence-corrected chi connectivity index (χ2v) is 8.16. The highest BCUT2D eigenvalue weighted by atomic mass is 19.1. The van der Waals surface area contributed by atoms with Gasteiger partial charge < -0.3 is 19.5 Å². The van der Waals surface area contributed by atoms with E-state index < -0.39 is 5.82 Å². The van der Waals surface area contributed by atoms with Crippen molar-refractivity contribution in [3.8, 4) is 34.4 Å². The number of rotatable bonds is 6. The molecular weight excluding hydrogens is 451 g/mol. The molecule has 0 bridgehead atoms. The summed E-state index contributed by atoms with van der Waals surface area (Å²) >= 11 is 0. The molecule has 1 atom stereocenters. The van der Waals surface area contributed by atoms with E-state index in [1.54, 1.807) is 41.4 Å². The Hall–Kier alpha value is -4.40. The van der Waals surface area contributed by atoms with E-state index in [4.69, 9.17) is 14.5 Å². The smallest absolute Gasteiger partial charge is 0.245 e. The van der Waals surface area contributed by atoms with Crippen LogP contribution in [0.2, 0.25) is 0 Å². The number of fused-ring (bicyclic) bond motifs is 1. The van der Waals surface area contributed by atoms with Gasteiger partial charge in [0.1, 0.15) is 22.8 Å². The zero-order chi connectivity index (χ0) is 24.5. The molecule has 0 aliphatic carbocycles. The number of methoxy groups -OCH3 is 1. The Morgan fingerprint density at radius 1 is 1.23 bits per heavy atom. The Morgan fingerprint density at radius 2 is 2.00 bits per heavy atom. The zero-order valence-electron chi connectivity index (χ0n) is 19.0. The molecule has 1 amide bonds. The van der Waals surface area contributed by atoms with Gasteiger partial charge in [-0.2, -0.15) is 4.39 Å². The van der Waals surface area contributed by atoms with Gasteiger partial charge in [0.15, 0.2) is 11.5 Å². The second-order valence-electron chi connectivity index (χ2n) is 8.16. The monoisotopic (exact) mass is 474 g/mol. The topological polar surface area (TPSA) is 89.2 Å². The molecule has 1 aliphatic heterocycles. The van der Waals surface area contributed by atoms with Crippen LogP contribution in [-0.2, 0) is 4.79 Å². The third-order valence-corrected chi connectivity index (χ3v) is 6.11. The predicted molar refractivity (Wildman–Crippen MR) is 127 cm³/mol. The fraction of sp³-hybridized carbons (Fsp3) is 0.192. The van der Waals surface area contributed by atoms with E-state index in [1.165, 1.54) is 31.5 Å². The standard InChI is InChI=1S/C26H23FN4O4/c1-3-21(32)30-13-11-17(15-30)25-29-23(24-26(33)28-12-14-31(24)25)16-7-9-18(10-8-16)35-20-6-4-5-19(34-2)22(20)27/h3-10,12,14,17H,1,11,13,15H2,2H3,(H,28,33)/t17-/m1/s1. The van der Waals surface area contributed by atoms with Crippen LogP contribution in [0, 0.1) is 5.82 Å². The van der Waals surface area contributed by atoms with Crippen molar-refractivity contribution in [2.45, 2.75) is 12.3 Å². The van der Waals surface area contributed by atoms with Crippen molar-refractivity contribution >= 4 is 11.4 Å². The molecule has 0 saturated carbocycles. The zero-order valence-corrected chi connectivity index (χ0v) is 19.0. The fourth-order valence-corrected chi connectivity index (χ4v) is 4.37. The van der Waals surface area contributed by atoms with Crippen molar-refractivity contribution in [3.63, 3.8) is 0 Å². The molecule has 1 N–H and O–H groups in total. The van der Waals surface area contributed by atoms with Gasteiger partial charge >= 0.3 is 0 Å². The van der Waals surface area contributed by atoms with Gasteiger partial charge in [0.2, 0.25) is 17.6 Å². The molecule has 0 unspecified atom stereocenters. The minimum atomic E-state index is -0.583. The number of aromatic nitrogens is 3. The Labute approximate surface area is 200 Å². The summed E-state index contributed by atoms with van der Waals surface area (Å²) < 4.78 is 27.0. The van der Waals surface area contributed by atoms with Crippen LogP contribution in [0.15, 0.2) is 67.5 Å². The number of hydrogen-bond acceptors (Lipinski definition) is 6. The number of likely N-dealkylation sites (tertiary alicyclic amines) is 1. The number of amides is 1. The molecule has 0 radical (unpaired) electrons. The Kier molecular flexibility index (Phi) is 5.82. The van der Waals surface area contributed by atoms with Gasteiger partial charge in [-0.25, -0.2) is 9.97 Å². The molecule has 4 aromatic rings. The van der Waals surface area contributed by atoms with Crippen LogP contribution >= 0.6 is 0 Å². The number of carbonyl (C=O) groups is 1. The minimum Gasteiger partial charge on any atom is -0.494 e. The van der Waals surface area contributed by atoms with Crippen molar-refractivity contribution in [2.24, 2.45) is 0 Å². The molecule has 3 heterocycles. The van der Waals surface area contributed by atoms with Crippen LogP contribution in [0.3, 0.4) is 0 Å². The van der Waals surface area contributed by atoms with Gasteiger partial charge in [-0.15, -0.1) is 0 Å². The lowest BCUT2D eigenvalue weighted by Crippen LogP contribution is -2.26. The first-order chi connectivity index (χ1) is 17.0. The second kappa shape index (κ2) is 9.09. The van der Waals surface area contributed by atoms with E-state index in [-0.39, 0.29) is 29.2 Å². The van der Waals surface area contributed by atoms with Crippen molar-refractivity contribution in [2.75, 3.05) is 20.2 Å². The molecule has 1 saturated heterocycles. The van der Waals surface area contributed by atoms with Gasteiger partial charge in [-0.05, 0) is 48.9 Å². The summed E-state index contributed by atoms with van der Waals surface area (Å²) in [6, 6.07) is 11.7. The molecule has 5 rings (SSSR count). The normalized spacial score (nSPS) is 15.4. The van der Waals surface area contributed by atoms with Crippen LogP contribution < -0.4 is 9.47 Å². The van der Waals surface area contributed by atoms with E-state index in [0.29, 0.717) is 30.0 Å². The van der Waals surface area contributed by atoms with Crippen LogP contribution in [0.5, 0.6) is 23.1 Å². The number of nitrogens with zero attached hydrogens (tertiary/aromatic N) is 4. The number of carbonyl (C=O) groups excluding carboxylic acids is 1. The molecule has 9 heteroatoms. The number of ether oxygens (including phenoxy) is 2. The van der Waals surface area contributed by atoms with Gasteiger partial charge in [-0.3, -0.25) is 9.20 Å². The predicted octanol–water partition coefficient (Wildman–Crippen LogP) is 4.54. The molecule has 1 aliphatic rings. The third kappa shape index (κ3) is 4.05. The van der Waals surface area contributed by atoms with Crippen molar-refractivity contribution < 1.29 is 23.8 Å². The van der Waals surface area contributed by atoms with Gasteiger partial charge in [0.25, 0.3) is 0 Å². The maximum Gasteiger partial charge on any atom is 0.245 e. The highest BCUT2D eigenvalue weighted by Gasteiger charge is 2.30. The molecule has 2 aromatic carbocycles. The Bertz CT molecular complexity index is 1420. The Morgan fingerprint density at radius 3 is 2.74 bits per heavy atom. The molecule has 0 spiro atoms. The number of imidazole rings is 1. The van der Waals surface area contributed by atoms with Gasteiger partial charge in [0, 0.05) is 37.0 Å². The lowest BCUT2D eigenvalue weighted by molar-refractivity contribution is -0.125.